The van der Waals surface area contributed by atoms with Gasteiger partial charge in [-0.15, -0.1) is 0 Å². The van der Waals surface area contributed by atoms with E-state index in [9.17, 15) is 9.59 Å². The summed E-state index contributed by atoms with van der Waals surface area (Å²) in [7, 11) is 3.04. The first-order valence-corrected chi connectivity index (χ1v) is 8.35. The predicted octanol–water partition coefficient (Wildman–Crippen LogP) is 4.19. The quantitative estimate of drug-likeness (QED) is 0.669. The minimum absolute atomic E-state index is 0.158. The zero-order valence-electron chi connectivity index (χ0n) is 15.1. The Labute approximate surface area is 157 Å². The summed E-state index contributed by atoms with van der Waals surface area (Å²) in [5.74, 6) is 0.497. The van der Waals surface area contributed by atoms with Crippen LogP contribution in [0.1, 0.15) is 26.3 Å². The number of rotatable bonds is 6. The molecule has 0 bridgehead atoms. The fourth-order valence-electron chi connectivity index (χ4n) is 2.67. The molecule has 0 saturated carbocycles. The maximum atomic E-state index is 12.8. The van der Waals surface area contributed by atoms with Gasteiger partial charge in [-0.1, -0.05) is 42.5 Å². The molecule has 0 aliphatic carbocycles. The van der Waals surface area contributed by atoms with Crippen molar-refractivity contribution in [1.29, 1.82) is 0 Å². The Morgan fingerprint density at radius 3 is 1.96 bits per heavy atom. The second kappa shape index (κ2) is 8.19. The van der Waals surface area contributed by atoms with Crippen molar-refractivity contribution in [3.63, 3.8) is 0 Å². The molecule has 5 heteroatoms. The van der Waals surface area contributed by atoms with Gasteiger partial charge in [0, 0.05) is 22.8 Å². The lowest BCUT2D eigenvalue weighted by Gasteiger charge is -2.12. The largest absolute Gasteiger partial charge is 0.497 e. The van der Waals surface area contributed by atoms with Gasteiger partial charge in [-0.3, -0.25) is 9.59 Å². The zero-order valence-corrected chi connectivity index (χ0v) is 15.1. The Balaban J connectivity index is 1.91. The van der Waals surface area contributed by atoms with Gasteiger partial charge in [-0.05, 0) is 24.3 Å². The summed E-state index contributed by atoms with van der Waals surface area (Å²) in [5, 5.41) is 2.81. The number of carbonyl (C=O) groups is 2. The molecule has 27 heavy (non-hydrogen) atoms. The first kappa shape index (κ1) is 18.2. The lowest BCUT2D eigenvalue weighted by atomic mass is 10.0. The standard InChI is InChI=1S/C22H19NO4/c1-26-17-12-16(13-18(14-17)27-2)22(25)23-20-11-7-6-10-19(20)21(24)15-8-4-3-5-9-15/h3-14H,1-2H3,(H,23,25). The SMILES string of the molecule is COc1cc(OC)cc(C(=O)Nc2ccccc2C(=O)c2ccccc2)c1. The number of nitrogens with one attached hydrogen (secondary N) is 1. The number of carbonyl (C=O) groups excluding carboxylic acids is 2. The van der Waals surface area contributed by atoms with Gasteiger partial charge in [0.1, 0.15) is 11.5 Å². The molecule has 0 fully saturated rings. The van der Waals surface area contributed by atoms with Gasteiger partial charge in [-0.25, -0.2) is 0 Å². The predicted molar refractivity (Wildman–Crippen MR) is 104 cm³/mol. The van der Waals surface area contributed by atoms with Crippen molar-refractivity contribution < 1.29 is 19.1 Å². The highest BCUT2D eigenvalue weighted by Crippen LogP contribution is 2.24. The van der Waals surface area contributed by atoms with Crippen molar-refractivity contribution in [2.24, 2.45) is 0 Å². The van der Waals surface area contributed by atoms with Gasteiger partial charge in [0.25, 0.3) is 5.91 Å². The molecular formula is C22H19NO4. The number of anilines is 1. The maximum absolute atomic E-state index is 12.8. The third kappa shape index (κ3) is 4.15. The van der Waals surface area contributed by atoms with Crippen LogP contribution in [-0.4, -0.2) is 25.9 Å². The van der Waals surface area contributed by atoms with Gasteiger partial charge < -0.3 is 14.8 Å². The molecule has 0 spiro atoms. The highest BCUT2D eigenvalue weighted by atomic mass is 16.5. The number of ether oxygens (including phenoxy) is 2. The number of ketones is 1. The fourth-order valence-corrected chi connectivity index (χ4v) is 2.67. The van der Waals surface area contributed by atoms with E-state index in [-0.39, 0.29) is 11.7 Å². The van der Waals surface area contributed by atoms with Crippen molar-refractivity contribution in [2.45, 2.75) is 0 Å². The second-order valence-electron chi connectivity index (χ2n) is 5.80. The van der Waals surface area contributed by atoms with Crippen LogP contribution < -0.4 is 14.8 Å². The van der Waals surface area contributed by atoms with E-state index in [1.165, 1.54) is 14.2 Å². The number of amides is 1. The fraction of sp³-hybridized carbons (Fsp3) is 0.0909. The summed E-state index contributed by atoms with van der Waals surface area (Å²) in [5.41, 5.74) is 1.79. The molecule has 0 unspecified atom stereocenters. The van der Waals surface area contributed by atoms with Crippen molar-refractivity contribution in [1.82, 2.24) is 0 Å². The average molecular weight is 361 g/mol. The Hall–Kier alpha value is -3.60. The molecule has 1 N–H and O–H groups in total. The summed E-state index contributed by atoms with van der Waals surface area (Å²) in [4.78, 5) is 25.5. The maximum Gasteiger partial charge on any atom is 0.255 e. The molecule has 3 aromatic carbocycles. The van der Waals surface area contributed by atoms with Crippen molar-refractivity contribution in [3.8, 4) is 11.5 Å². The first-order valence-electron chi connectivity index (χ1n) is 8.35. The molecule has 0 aromatic heterocycles. The molecule has 5 nitrogen and oxygen atoms in total. The normalized spacial score (nSPS) is 10.1. The molecule has 0 aliphatic heterocycles. The smallest absolute Gasteiger partial charge is 0.255 e. The zero-order chi connectivity index (χ0) is 19.2. The van der Waals surface area contributed by atoms with E-state index >= 15 is 0 Å². The molecular weight excluding hydrogens is 342 g/mol. The molecule has 0 heterocycles. The van der Waals surface area contributed by atoms with Crippen LogP contribution in [0.15, 0.2) is 72.8 Å². The summed E-state index contributed by atoms with van der Waals surface area (Å²) < 4.78 is 10.4. The van der Waals surface area contributed by atoms with E-state index in [2.05, 4.69) is 5.32 Å². The van der Waals surface area contributed by atoms with Crippen LogP contribution in [0.3, 0.4) is 0 Å². The second-order valence-corrected chi connectivity index (χ2v) is 5.80. The number of hydrogen-bond donors (Lipinski definition) is 1. The molecule has 3 aromatic rings. The molecule has 0 radical (unpaired) electrons. The Bertz CT molecular complexity index is 945. The van der Waals surface area contributed by atoms with Gasteiger partial charge in [0.05, 0.1) is 19.9 Å². The first-order chi connectivity index (χ1) is 13.1. The van der Waals surface area contributed by atoms with E-state index < -0.39 is 0 Å². The van der Waals surface area contributed by atoms with E-state index in [1.807, 2.05) is 6.07 Å². The van der Waals surface area contributed by atoms with E-state index in [0.717, 1.165) is 0 Å². The lowest BCUT2D eigenvalue weighted by molar-refractivity contribution is 0.102. The Morgan fingerprint density at radius 1 is 0.741 bits per heavy atom. The third-order valence-electron chi connectivity index (χ3n) is 4.07. The highest BCUT2D eigenvalue weighted by Gasteiger charge is 2.16. The number of methoxy groups -OCH3 is 2. The van der Waals surface area contributed by atoms with Crippen LogP contribution in [-0.2, 0) is 0 Å². The third-order valence-corrected chi connectivity index (χ3v) is 4.07. The summed E-state index contributed by atoms with van der Waals surface area (Å²) >= 11 is 0. The van der Waals surface area contributed by atoms with Crippen LogP contribution in [0.4, 0.5) is 5.69 Å². The van der Waals surface area contributed by atoms with Gasteiger partial charge in [0.15, 0.2) is 5.78 Å². The van der Waals surface area contributed by atoms with Gasteiger partial charge in [0.2, 0.25) is 0 Å². The summed E-state index contributed by atoms with van der Waals surface area (Å²) in [6.45, 7) is 0. The molecule has 1 amide bonds. The van der Waals surface area contributed by atoms with Crippen LogP contribution in [0.2, 0.25) is 0 Å². The van der Waals surface area contributed by atoms with Gasteiger partial charge in [-0.2, -0.15) is 0 Å². The van der Waals surface area contributed by atoms with Crippen LogP contribution >= 0.6 is 0 Å². The van der Waals surface area contributed by atoms with Crippen molar-refractivity contribution in [2.75, 3.05) is 19.5 Å². The molecule has 0 aliphatic rings. The van der Waals surface area contributed by atoms with Crippen molar-refractivity contribution >= 4 is 17.4 Å². The summed E-state index contributed by atoms with van der Waals surface area (Å²) in [6.07, 6.45) is 0. The minimum atomic E-state index is -0.361. The highest BCUT2D eigenvalue weighted by molar-refractivity contribution is 6.15. The minimum Gasteiger partial charge on any atom is -0.497 e. The van der Waals surface area contributed by atoms with Gasteiger partial charge >= 0.3 is 0 Å². The summed E-state index contributed by atoms with van der Waals surface area (Å²) in [6, 6.07) is 20.8. The van der Waals surface area contributed by atoms with Crippen LogP contribution in [0, 0.1) is 0 Å². The van der Waals surface area contributed by atoms with E-state index in [0.29, 0.717) is 33.9 Å². The van der Waals surface area contributed by atoms with E-state index in [1.54, 1.807) is 66.7 Å². The van der Waals surface area contributed by atoms with E-state index in [4.69, 9.17) is 9.47 Å². The molecule has 136 valence electrons. The number of benzene rings is 3. The number of para-hydroxylation sites is 1. The van der Waals surface area contributed by atoms with Crippen LogP contribution in [0.25, 0.3) is 0 Å². The monoisotopic (exact) mass is 361 g/mol. The molecule has 0 saturated heterocycles. The number of hydrogen-bond acceptors (Lipinski definition) is 4. The lowest BCUT2D eigenvalue weighted by Crippen LogP contribution is -2.15. The Kier molecular flexibility index (Phi) is 5.52. The topological polar surface area (TPSA) is 64.6 Å². The Morgan fingerprint density at radius 2 is 1.33 bits per heavy atom. The molecule has 3 rings (SSSR count). The van der Waals surface area contributed by atoms with Crippen LogP contribution in [0.5, 0.6) is 11.5 Å². The average Bonchev–Trinajstić information content (AvgIpc) is 2.73. The molecule has 0 atom stereocenters. The van der Waals surface area contributed by atoms with Crippen molar-refractivity contribution in [3.05, 3.63) is 89.5 Å².